The van der Waals surface area contributed by atoms with Crippen LogP contribution in [0.1, 0.15) is 35.6 Å². The first-order valence-corrected chi connectivity index (χ1v) is 7.04. The molecule has 0 aliphatic carbocycles. The fourth-order valence-electron chi connectivity index (χ4n) is 1.73. The molecule has 0 spiro atoms. The van der Waals surface area contributed by atoms with Crippen molar-refractivity contribution in [1.29, 1.82) is 0 Å². The summed E-state index contributed by atoms with van der Waals surface area (Å²) in [4.78, 5) is 32.3. The predicted octanol–water partition coefficient (Wildman–Crippen LogP) is 2.65. The van der Waals surface area contributed by atoms with Crippen LogP contribution in [0.25, 0.3) is 0 Å². The quantitative estimate of drug-likeness (QED) is 0.819. The molecule has 1 aliphatic rings. The Bertz CT molecular complexity index is 635. The highest BCUT2D eigenvalue weighted by Crippen LogP contribution is 2.33. The number of nitrogens with zero attached hydrogens (tertiary/aromatic N) is 2. The molecule has 1 unspecified atom stereocenters. The summed E-state index contributed by atoms with van der Waals surface area (Å²) in [5.74, 6) is -1.03. The Hall–Kier alpha value is -1.67. The van der Waals surface area contributed by atoms with E-state index in [1.54, 1.807) is 6.07 Å². The summed E-state index contributed by atoms with van der Waals surface area (Å²) in [6.07, 6.45) is 0.00179. The van der Waals surface area contributed by atoms with Crippen LogP contribution in [0.3, 0.4) is 0 Å². The molecule has 1 atom stereocenters. The molecular formula is C12H11BrClN3O4. The maximum atomic E-state index is 11.7. The highest BCUT2D eigenvalue weighted by molar-refractivity contribution is 9.18. The molecule has 1 aromatic rings. The summed E-state index contributed by atoms with van der Waals surface area (Å²) >= 11 is 9.30. The number of ether oxygens (including phenoxy) is 1. The average Bonchev–Trinajstić information content (AvgIpc) is 2.86. The van der Waals surface area contributed by atoms with Crippen molar-refractivity contribution >= 4 is 49.7 Å². The number of oxime groups is 1. The summed E-state index contributed by atoms with van der Waals surface area (Å²) < 4.78 is 5.27. The Labute approximate surface area is 133 Å². The molecule has 7 nitrogen and oxygen atoms in total. The molecule has 1 amide bonds. The van der Waals surface area contributed by atoms with Gasteiger partial charge in [0.05, 0.1) is 23.5 Å². The van der Waals surface area contributed by atoms with Gasteiger partial charge in [0, 0.05) is 13.3 Å². The van der Waals surface area contributed by atoms with Gasteiger partial charge in [0.2, 0.25) is 5.91 Å². The van der Waals surface area contributed by atoms with Gasteiger partial charge >= 0.3 is 5.97 Å². The van der Waals surface area contributed by atoms with E-state index in [4.69, 9.17) is 16.4 Å². The number of hydrogen-bond acceptors (Lipinski definition) is 6. The van der Waals surface area contributed by atoms with Crippen molar-refractivity contribution < 1.29 is 19.2 Å². The lowest BCUT2D eigenvalue weighted by Crippen LogP contribution is -2.14. The van der Waals surface area contributed by atoms with Crippen LogP contribution in [-0.4, -0.2) is 28.6 Å². The van der Waals surface area contributed by atoms with Gasteiger partial charge in [-0.2, -0.15) is 0 Å². The van der Waals surface area contributed by atoms with Crippen LogP contribution in [0, 0.1) is 0 Å². The van der Waals surface area contributed by atoms with Crippen molar-refractivity contribution in [2.75, 3.05) is 12.4 Å². The highest BCUT2D eigenvalue weighted by atomic mass is 79.9. The standard InChI is InChI=1S/C12H11BrClN3O4/c1-5(18)15-7-3-6(8-4-9(13)17-21-8)16-11(10(7)14)12(19)20-2/h3,8H,4H2,1-2H3,(H,15,16,18). The zero-order valence-corrected chi connectivity index (χ0v) is 13.5. The van der Waals surface area contributed by atoms with E-state index in [2.05, 4.69) is 36.1 Å². The molecule has 9 heteroatoms. The van der Waals surface area contributed by atoms with E-state index in [0.29, 0.717) is 16.7 Å². The van der Waals surface area contributed by atoms with Gasteiger partial charge in [0.15, 0.2) is 11.8 Å². The van der Waals surface area contributed by atoms with Gasteiger partial charge in [-0.3, -0.25) is 4.79 Å². The smallest absolute Gasteiger partial charge is 0.358 e. The Balaban J connectivity index is 2.45. The van der Waals surface area contributed by atoms with Crippen LogP contribution in [0.2, 0.25) is 5.02 Å². The second-order valence-corrected chi connectivity index (χ2v) is 5.49. The topological polar surface area (TPSA) is 89.9 Å². The first-order valence-electron chi connectivity index (χ1n) is 5.87. The highest BCUT2D eigenvalue weighted by Gasteiger charge is 2.27. The summed E-state index contributed by atoms with van der Waals surface area (Å²) in [6, 6.07) is 1.54. The third-order valence-corrected chi connectivity index (χ3v) is 3.48. The summed E-state index contributed by atoms with van der Waals surface area (Å²) in [5.41, 5.74) is 0.593. The van der Waals surface area contributed by atoms with E-state index in [9.17, 15) is 9.59 Å². The molecule has 0 fully saturated rings. The molecule has 1 N–H and O–H groups in total. The largest absolute Gasteiger partial charge is 0.464 e. The first-order chi connectivity index (χ1) is 9.92. The van der Waals surface area contributed by atoms with E-state index in [0.717, 1.165) is 0 Å². The minimum atomic E-state index is -0.702. The zero-order chi connectivity index (χ0) is 15.6. The molecule has 2 rings (SSSR count). The minimum absolute atomic E-state index is 0.0128. The van der Waals surface area contributed by atoms with E-state index in [1.165, 1.54) is 14.0 Å². The minimum Gasteiger partial charge on any atom is -0.464 e. The molecule has 0 radical (unpaired) electrons. The van der Waals surface area contributed by atoms with Crippen LogP contribution in [0.5, 0.6) is 0 Å². The van der Waals surface area contributed by atoms with Crippen molar-refractivity contribution in [2.45, 2.75) is 19.4 Å². The lowest BCUT2D eigenvalue weighted by atomic mass is 10.1. The number of amides is 1. The number of pyridine rings is 1. The number of methoxy groups -OCH3 is 1. The third-order valence-electron chi connectivity index (χ3n) is 2.63. The monoisotopic (exact) mass is 375 g/mol. The number of aromatic nitrogens is 1. The van der Waals surface area contributed by atoms with E-state index in [-0.39, 0.29) is 22.3 Å². The fourth-order valence-corrected chi connectivity index (χ4v) is 2.33. The maximum absolute atomic E-state index is 11.7. The molecule has 0 aromatic carbocycles. The van der Waals surface area contributed by atoms with Gasteiger partial charge in [-0.05, 0) is 22.0 Å². The first kappa shape index (κ1) is 15.7. The van der Waals surface area contributed by atoms with Crippen LogP contribution in [0.15, 0.2) is 11.2 Å². The summed E-state index contributed by atoms with van der Waals surface area (Å²) in [6.45, 7) is 1.33. The van der Waals surface area contributed by atoms with Crippen molar-refractivity contribution in [3.05, 3.63) is 22.5 Å². The normalized spacial score (nSPS) is 17.0. The number of nitrogens with one attached hydrogen (secondary N) is 1. The number of esters is 1. The molecule has 112 valence electrons. The zero-order valence-electron chi connectivity index (χ0n) is 11.1. The second kappa shape index (κ2) is 6.40. The fraction of sp³-hybridized carbons (Fsp3) is 0.333. The van der Waals surface area contributed by atoms with Crippen molar-refractivity contribution in [1.82, 2.24) is 4.98 Å². The van der Waals surface area contributed by atoms with Gasteiger partial charge in [-0.1, -0.05) is 16.8 Å². The lowest BCUT2D eigenvalue weighted by Gasteiger charge is -2.13. The Morgan fingerprint density at radius 2 is 2.29 bits per heavy atom. The second-order valence-electron chi connectivity index (χ2n) is 4.20. The number of carbonyl (C=O) groups excluding carboxylic acids is 2. The Kier molecular flexibility index (Phi) is 4.79. The number of hydrogen-bond donors (Lipinski definition) is 1. The molecular weight excluding hydrogens is 366 g/mol. The Morgan fingerprint density at radius 3 is 2.81 bits per heavy atom. The lowest BCUT2D eigenvalue weighted by molar-refractivity contribution is -0.114. The SMILES string of the molecule is COC(=O)c1nc(C2CC(Br)=NO2)cc(NC(C)=O)c1Cl. The van der Waals surface area contributed by atoms with Crippen molar-refractivity contribution in [2.24, 2.45) is 5.16 Å². The van der Waals surface area contributed by atoms with E-state index >= 15 is 0 Å². The molecule has 1 aromatic heterocycles. The number of rotatable bonds is 3. The summed E-state index contributed by atoms with van der Waals surface area (Å²) in [5, 5.41) is 6.32. The van der Waals surface area contributed by atoms with Gasteiger partial charge in [-0.15, -0.1) is 0 Å². The van der Waals surface area contributed by atoms with Crippen molar-refractivity contribution in [3.8, 4) is 0 Å². The van der Waals surface area contributed by atoms with Crippen molar-refractivity contribution in [3.63, 3.8) is 0 Å². The van der Waals surface area contributed by atoms with Gasteiger partial charge in [0.25, 0.3) is 0 Å². The third kappa shape index (κ3) is 3.51. The van der Waals surface area contributed by atoms with Gasteiger partial charge in [0.1, 0.15) is 4.62 Å². The van der Waals surface area contributed by atoms with Crippen LogP contribution in [0.4, 0.5) is 5.69 Å². The molecule has 21 heavy (non-hydrogen) atoms. The van der Waals surface area contributed by atoms with Crippen LogP contribution >= 0.6 is 27.5 Å². The van der Waals surface area contributed by atoms with E-state index < -0.39 is 12.1 Å². The van der Waals surface area contributed by atoms with Crippen LogP contribution < -0.4 is 5.32 Å². The van der Waals surface area contributed by atoms with E-state index in [1.807, 2.05) is 0 Å². The molecule has 0 bridgehead atoms. The molecule has 0 saturated carbocycles. The van der Waals surface area contributed by atoms with Gasteiger partial charge < -0.3 is 14.9 Å². The van der Waals surface area contributed by atoms with Gasteiger partial charge in [-0.25, -0.2) is 9.78 Å². The average molecular weight is 377 g/mol. The molecule has 2 heterocycles. The maximum Gasteiger partial charge on any atom is 0.358 e. The predicted molar refractivity (Wildman–Crippen MR) is 79.7 cm³/mol. The Morgan fingerprint density at radius 1 is 1.57 bits per heavy atom. The molecule has 0 saturated heterocycles. The van der Waals surface area contributed by atoms with Crippen LogP contribution in [-0.2, 0) is 14.4 Å². The number of anilines is 1. The number of carbonyl (C=O) groups is 2. The molecule has 1 aliphatic heterocycles. The summed E-state index contributed by atoms with van der Waals surface area (Å²) in [7, 11) is 1.22. The number of halogens is 2.